The van der Waals surface area contributed by atoms with Crippen LogP contribution >= 0.6 is 0 Å². The lowest BCUT2D eigenvalue weighted by Crippen LogP contribution is -2.13. The first-order valence-electron chi connectivity index (χ1n) is 8.64. The summed E-state index contributed by atoms with van der Waals surface area (Å²) in [5.74, 6) is 0.129. The molecule has 7 heteroatoms. The molecule has 0 fully saturated rings. The van der Waals surface area contributed by atoms with Crippen molar-refractivity contribution in [2.45, 2.75) is 12.6 Å². The second-order valence-corrected chi connectivity index (χ2v) is 6.12. The summed E-state index contributed by atoms with van der Waals surface area (Å²) in [5, 5.41) is 5.74. The van der Waals surface area contributed by atoms with Gasteiger partial charge in [-0.15, -0.1) is 0 Å². The molecular weight excluding hydrogens is 367 g/mol. The maximum Gasteiger partial charge on any atom is 0.416 e. The Bertz CT molecular complexity index is 926. The zero-order chi connectivity index (χ0) is 20.0. The van der Waals surface area contributed by atoms with Crippen LogP contribution in [0.2, 0.25) is 0 Å². The Morgan fingerprint density at radius 1 is 0.964 bits per heavy atom. The Hall–Kier alpha value is -3.35. The number of halogens is 3. The highest BCUT2D eigenvalue weighted by atomic mass is 19.4. The van der Waals surface area contributed by atoms with E-state index in [-0.39, 0.29) is 5.69 Å². The predicted octanol–water partition coefficient (Wildman–Crippen LogP) is 5.01. The highest BCUT2D eigenvalue weighted by Gasteiger charge is 2.30. The Morgan fingerprint density at radius 2 is 1.68 bits per heavy atom. The summed E-state index contributed by atoms with van der Waals surface area (Å²) >= 11 is 0. The van der Waals surface area contributed by atoms with E-state index in [0.29, 0.717) is 17.9 Å². The van der Waals surface area contributed by atoms with Crippen molar-refractivity contribution in [1.29, 1.82) is 0 Å². The van der Waals surface area contributed by atoms with Crippen LogP contribution in [0.4, 0.5) is 24.7 Å². The van der Waals surface area contributed by atoms with Crippen LogP contribution in [0.15, 0.2) is 72.9 Å². The first-order valence-corrected chi connectivity index (χ1v) is 8.64. The van der Waals surface area contributed by atoms with Crippen molar-refractivity contribution in [3.05, 3.63) is 89.6 Å². The largest absolute Gasteiger partial charge is 0.416 e. The average Bonchev–Trinajstić information content (AvgIpc) is 2.69. The third-order valence-corrected chi connectivity index (χ3v) is 4.05. The molecule has 2 aromatic carbocycles. The van der Waals surface area contributed by atoms with Gasteiger partial charge in [0.2, 0.25) is 0 Å². The molecule has 0 bridgehead atoms. The highest BCUT2D eigenvalue weighted by Crippen LogP contribution is 2.29. The van der Waals surface area contributed by atoms with Gasteiger partial charge in [0, 0.05) is 24.0 Å². The van der Waals surface area contributed by atoms with Gasteiger partial charge in [0.05, 0.1) is 5.56 Å². The fraction of sp³-hybridized carbons (Fsp3) is 0.143. The number of alkyl halides is 3. The van der Waals surface area contributed by atoms with Gasteiger partial charge < -0.3 is 10.6 Å². The van der Waals surface area contributed by atoms with Gasteiger partial charge in [-0.1, -0.05) is 30.3 Å². The van der Waals surface area contributed by atoms with E-state index in [1.54, 1.807) is 12.1 Å². The molecule has 0 spiro atoms. The summed E-state index contributed by atoms with van der Waals surface area (Å²) in [6.45, 7) is 0.654. The van der Waals surface area contributed by atoms with Gasteiger partial charge in [-0.25, -0.2) is 4.98 Å². The number of rotatable bonds is 6. The van der Waals surface area contributed by atoms with Crippen molar-refractivity contribution in [3.63, 3.8) is 0 Å². The van der Waals surface area contributed by atoms with Gasteiger partial charge in [0.15, 0.2) is 0 Å². The van der Waals surface area contributed by atoms with Crippen LogP contribution in [0.25, 0.3) is 0 Å². The molecule has 28 heavy (non-hydrogen) atoms. The Kier molecular flexibility index (Phi) is 5.93. The molecule has 1 heterocycles. The van der Waals surface area contributed by atoms with Gasteiger partial charge in [-0.2, -0.15) is 13.2 Å². The van der Waals surface area contributed by atoms with Crippen LogP contribution in [0.3, 0.4) is 0 Å². The molecule has 0 saturated carbocycles. The van der Waals surface area contributed by atoms with Crippen molar-refractivity contribution in [2.24, 2.45) is 0 Å². The molecule has 0 radical (unpaired) electrons. The molecule has 0 atom stereocenters. The van der Waals surface area contributed by atoms with E-state index in [9.17, 15) is 18.0 Å². The monoisotopic (exact) mass is 385 g/mol. The minimum Gasteiger partial charge on any atom is -0.370 e. The normalized spacial score (nSPS) is 11.1. The van der Waals surface area contributed by atoms with Crippen molar-refractivity contribution in [2.75, 3.05) is 17.2 Å². The molecule has 3 aromatic rings. The smallest absolute Gasteiger partial charge is 0.370 e. The number of pyridine rings is 1. The summed E-state index contributed by atoms with van der Waals surface area (Å²) in [6.07, 6.45) is -2.09. The fourth-order valence-electron chi connectivity index (χ4n) is 2.59. The molecule has 0 aliphatic heterocycles. The topological polar surface area (TPSA) is 54.0 Å². The molecule has 4 nitrogen and oxygen atoms in total. The predicted molar refractivity (Wildman–Crippen MR) is 102 cm³/mol. The third kappa shape index (κ3) is 5.33. The number of carbonyl (C=O) groups excluding carboxylic acids is 1. The van der Waals surface area contributed by atoms with Gasteiger partial charge in [-0.05, 0) is 48.4 Å². The van der Waals surface area contributed by atoms with Gasteiger partial charge in [-0.3, -0.25) is 4.79 Å². The number of hydrogen-bond acceptors (Lipinski definition) is 3. The maximum absolute atomic E-state index is 12.6. The van der Waals surface area contributed by atoms with E-state index in [0.717, 1.165) is 18.6 Å². The van der Waals surface area contributed by atoms with Crippen molar-refractivity contribution in [1.82, 2.24) is 4.98 Å². The summed E-state index contributed by atoms with van der Waals surface area (Å²) < 4.78 is 37.8. The van der Waals surface area contributed by atoms with Gasteiger partial charge >= 0.3 is 6.18 Å². The van der Waals surface area contributed by atoms with Crippen LogP contribution in [0.5, 0.6) is 0 Å². The van der Waals surface area contributed by atoms with E-state index >= 15 is 0 Å². The zero-order valence-corrected chi connectivity index (χ0v) is 14.8. The maximum atomic E-state index is 12.6. The van der Waals surface area contributed by atoms with E-state index in [1.807, 2.05) is 30.3 Å². The summed E-state index contributed by atoms with van der Waals surface area (Å²) in [6, 6.07) is 17.4. The molecular formula is C21H18F3N3O. The minimum absolute atomic E-state index is 0.286. The Balaban J connectivity index is 1.59. The van der Waals surface area contributed by atoms with Crippen LogP contribution in [-0.2, 0) is 12.6 Å². The number of amides is 1. The summed E-state index contributed by atoms with van der Waals surface area (Å²) in [5.41, 5.74) is 1.07. The molecule has 0 unspecified atom stereocenters. The van der Waals surface area contributed by atoms with E-state index in [1.165, 1.54) is 23.9 Å². The standard InChI is InChI=1S/C21H18F3N3O/c22-21(23,24)17-6-8-18(9-7-17)27-20(28)16-11-13-26-19(14-16)25-12-10-15-4-2-1-3-5-15/h1-9,11,13-14H,10,12H2,(H,25,26)(H,27,28). The van der Waals surface area contributed by atoms with Crippen molar-refractivity contribution >= 4 is 17.4 Å². The fourth-order valence-corrected chi connectivity index (χ4v) is 2.59. The number of nitrogens with zero attached hydrogens (tertiary/aromatic N) is 1. The second-order valence-electron chi connectivity index (χ2n) is 6.12. The van der Waals surface area contributed by atoms with Crippen molar-refractivity contribution in [3.8, 4) is 0 Å². The lowest BCUT2D eigenvalue weighted by Gasteiger charge is -2.10. The molecule has 1 amide bonds. The highest BCUT2D eigenvalue weighted by molar-refractivity contribution is 6.04. The van der Waals surface area contributed by atoms with Crippen molar-refractivity contribution < 1.29 is 18.0 Å². The lowest BCUT2D eigenvalue weighted by atomic mass is 10.1. The number of hydrogen-bond donors (Lipinski definition) is 2. The number of aromatic nitrogens is 1. The van der Waals surface area contributed by atoms with E-state index in [2.05, 4.69) is 15.6 Å². The molecule has 1 aromatic heterocycles. The van der Waals surface area contributed by atoms with E-state index < -0.39 is 17.6 Å². The third-order valence-electron chi connectivity index (χ3n) is 4.05. The molecule has 0 aliphatic rings. The first kappa shape index (κ1) is 19.4. The molecule has 0 aliphatic carbocycles. The van der Waals surface area contributed by atoms with E-state index in [4.69, 9.17) is 0 Å². The Morgan fingerprint density at radius 3 is 2.36 bits per heavy atom. The number of benzene rings is 2. The average molecular weight is 385 g/mol. The van der Waals surface area contributed by atoms with Crippen LogP contribution in [0, 0.1) is 0 Å². The second kappa shape index (κ2) is 8.56. The molecule has 144 valence electrons. The number of anilines is 2. The van der Waals surface area contributed by atoms with Gasteiger partial charge in [0.25, 0.3) is 5.91 Å². The van der Waals surface area contributed by atoms with Crippen LogP contribution < -0.4 is 10.6 Å². The van der Waals surface area contributed by atoms with Crippen LogP contribution in [-0.4, -0.2) is 17.4 Å². The number of nitrogens with one attached hydrogen (secondary N) is 2. The Labute approximate surface area is 160 Å². The summed E-state index contributed by atoms with van der Waals surface area (Å²) in [4.78, 5) is 16.5. The SMILES string of the molecule is O=C(Nc1ccc(C(F)(F)F)cc1)c1ccnc(NCCc2ccccc2)c1. The van der Waals surface area contributed by atoms with Crippen LogP contribution in [0.1, 0.15) is 21.5 Å². The molecule has 0 saturated heterocycles. The lowest BCUT2D eigenvalue weighted by molar-refractivity contribution is -0.137. The molecule has 3 rings (SSSR count). The first-order chi connectivity index (χ1) is 13.4. The van der Waals surface area contributed by atoms with Gasteiger partial charge in [0.1, 0.15) is 5.82 Å². The minimum atomic E-state index is -4.41. The summed E-state index contributed by atoms with van der Waals surface area (Å²) in [7, 11) is 0. The quantitative estimate of drug-likeness (QED) is 0.627. The number of carbonyl (C=O) groups is 1. The zero-order valence-electron chi connectivity index (χ0n) is 14.8. The molecule has 2 N–H and O–H groups in total.